The van der Waals surface area contributed by atoms with Crippen molar-refractivity contribution in [3.63, 3.8) is 0 Å². The summed E-state index contributed by atoms with van der Waals surface area (Å²) in [5.74, 6) is 0. The van der Waals surface area contributed by atoms with Crippen LogP contribution in [0, 0.1) is 0 Å². The predicted molar refractivity (Wildman–Crippen MR) is 97.3 cm³/mol. The van der Waals surface area contributed by atoms with Crippen LogP contribution >= 0.6 is 0 Å². The number of aromatic amines is 3. The number of H-pyrrole nitrogens is 3. The molecule has 3 aromatic heterocycles. The van der Waals surface area contributed by atoms with Gasteiger partial charge in [-0.25, -0.2) is 0 Å². The third kappa shape index (κ3) is 2.48. The van der Waals surface area contributed by atoms with Gasteiger partial charge in [-0.05, 0) is 66.8 Å². The lowest BCUT2D eigenvalue weighted by Crippen LogP contribution is -2.12. The van der Waals surface area contributed by atoms with Crippen molar-refractivity contribution in [2.24, 2.45) is 4.99 Å². The number of aliphatic imine (C=N–C) groups is 1. The topological polar surface area (TPSA) is 59.7 Å². The maximum absolute atomic E-state index is 4.72. The molecule has 0 spiro atoms. The number of fused-ring (bicyclic) bond motifs is 7. The van der Waals surface area contributed by atoms with Crippen LogP contribution in [-0.2, 0) is 0 Å². The normalized spacial score (nSPS) is 19.6. The lowest BCUT2D eigenvalue weighted by Gasteiger charge is -1.94. The molecule has 3 N–H and O–H groups in total. The lowest BCUT2D eigenvalue weighted by atomic mass is 10.3. The molecular weight excluding hydrogens is 296 g/mol. The first-order valence-electron chi connectivity index (χ1n) is 8.02. The molecule has 4 heteroatoms. The molecule has 3 aromatic rings. The average Bonchev–Trinajstić information content (AvgIpc) is 3.32. The Balaban J connectivity index is 1.76. The molecule has 2 aliphatic heterocycles. The zero-order chi connectivity index (χ0) is 15.9. The second-order valence-corrected chi connectivity index (χ2v) is 6.11. The van der Waals surface area contributed by atoms with Crippen LogP contribution in [0.5, 0.6) is 0 Å². The fraction of sp³-hybridized carbons (Fsp3) is 0.0500. The second-order valence-electron chi connectivity index (χ2n) is 6.11. The molecule has 116 valence electrons. The van der Waals surface area contributed by atoms with Crippen molar-refractivity contribution >= 4 is 30.0 Å². The monoisotopic (exact) mass is 312 g/mol. The van der Waals surface area contributed by atoms with Gasteiger partial charge in [0.1, 0.15) is 0 Å². The Hall–Kier alpha value is -3.27. The summed E-state index contributed by atoms with van der Waals surface area (Å²) >= 11 is 0. The Morgan fingerprint density at radius 2 is 1.29 bits per heavy atom. The first-order valence-corrected chi connectivity index (χ1v) is 8.02. The van der Waals surface area contributed by atoms with Crippen molar-refractivity contribution < 1.29 is 0 Å². The minimum atomic E-state index is 0.0775. The summed E-state index contributed by atoms with van der Waals surface area (Å²) in [5.41, 5.74) is 3.12. The highest BCUT2D eigenvalue weighted by Crippen LogP contribution is 2.06. The molecule has 0 radical (unpaired) electrons. The summed E-state index contributed by atoms with van der Waals surface area (Å²) in [5, 5.41) is 4.27. The van der Waals surface area contributed by atoms with Gasteiger partial charge in [0.15, 0.2) is 0 Å². The third-order valence-electron chi connectivity index (χ3n) is 4.23. The van der Waals surface area contributed by atoms with E-state index in [0.717, 1.165) is 38.5 Å². The number of hydrogen-bond acceptors (Lipinski definition) is 1. The van der Waals surface area contributed by atoms with Crippen molar-refractivity contribution in [2.45, 2.75) is 6.04 Å². The SMILES string of the molecule is C1=CC2/C=c3/ccc([nH]3)=Cc3ccc([nH]3)C=c3ccc([nH]3)=CC1=N2. The number of rotatable bonds is 0. The van der Waals surface area contributed by atoms with Crippen LogP contribution in [0.25, 0.3) is 24.3 Å². The van der Waals surface area contributed by atoms with Crippen molar-refractivity contribution in [1.29, 1.82) is 0 Å². The summed E-state index contributed by atoms with van der Waals surface area (Å²) in [6.45, 7) is 0. The Kier molecular flexibility index (Phi) is 2.82. The maximum atomic E-state index is 4.72. The van der Waals surface area contributed by atoms with E-state index < -0.39 is 0 Å². The van der Waals surface area contributed by atoms with Gasteiger partial charge in [0, 0.05) is 32.8 Å². The Labute approximate surface area is 138 Å². The average molecular weight is 312 g/mol. The van der Waals surface area contributed by atoms with Gasteiger partial charge in [-0.15, -0.1) is 0 Å². The van der Waals surface area contributed by atoms with Gasteiger partial charge in [0.05, 0.1) is 11.8 Å². The Bertz CT molecular complexity index is 1210. The third-order valence-corrected chi connectivity index (χ3v) is 4.23. The van der Waals surface area contributed by atoms with E-state index in [1.165, 1.54) is 0 Å². The van der Waals surface area contributed by atoms with Gasteiger partial charge in [0.2, 0.25) is 0 Å². The zero-order valence-corrected chi connectivity index (χ0v) is 13.0. The molecule has 0 saturated carbocycles. The molecule has 0 aromatic carbocycles. The standard InChI is InChI=1S/C20H16N4/c1-2-14-10-16-5-6-18(23-16)12-20-8-7-19(24-20)11-17-4-3-15(22-17)9-13(1)21-14/h1-13,22-24H/b15-9-,16-10?,17-11?,18-12?. The molecule has 2 aliphatic rings. The quantitative estimate of drug-likeness (QED) is 0.534. The van der Waals surface area contributed by atoms with E-state index in [9.17, 15) is 0 Å². The molecule has 24 heavy (non-hydrogen) atoms. The summed E-state index contributed by atoms with van der Waals surface area (Å²) in [4.78, 5) is 15.0. The molecule has 1 atom stereocenters. The first-order chi connectivity index (χ1) is 11.8. The van der Waals surface area contributed by atoms with Crippen LogP contribution in [0.3, 0.4) is 0 Å². The van der Waals surface area contributed by atoms with Gasteiger partial charge >= 0.3 is 0 Å². The van der Waals surface area contributed by atoms with E-state index in [4.69, 9.17) is 4.99 Å². The molecular formula is C20H16N4. The molecule has 4 nitrogen and oxygen atoms in total. The smallest absolute Gasteiger partial charge is 0.0894 e. The largest absolute Gasteiger partial charge is 0.356 e. The molecule has 8 bridgehead atoms. The molecule has 0 amide bonds. The minimum Gasteiger partial charge on any atom is -0.356 e. The van der Waals surface area contributed by atoms with Gasteiger partial charge in [-0.2, -0.15) is 0 Å². The molecule has 0 aliphatic carbocycles. The van der Waals surface area contributed by atoms with E-state index >= 15 is 0 Å². The van der Waals surface area contributed by atoms with E-state index in [2.05, 4.69) is 87.8 Å². The van der Waals surface area contributed by atoms with Crippen molar-refractivity contribution in [3.05, 3.63) is 81.3 Å². The molecule has 0 saturated heterocycles. The van der Waals surface area contributed by atoms with E-state index in [1.54, 1.807) is 0 Å². The maximum Gasteiger partial charge on any atom is 0.0894 e. The highest BCUT2D eigenvalue weighted by atomic mass is 14.8. The van der Waals surface area contributed by atoms with E-state index in [0.29, 0.717) is 0 Å². The molecule has 1 unspecified atom stereocenters. The van der Waals surface area contributed by atoms with Gasteiger partial charge < -0.3 is 15.0 Å². The highest BCUT2D eigenvalue weighted by Gasteiger charge is 2.06. The van der Waals surface area contributed by atoms with Crippen molar-refractivity contribution in [1.82, 2.24) is 15.0 Å². The minimum absolute atomic E-state index is 0.0775. The Morgan fingerprint density at radius 1 is 0.667 bits per heavy atom. The highest BCUT2D eigenvalue weighted by molar-refractivity contribution is 6.18. The van der Waals surface area contributed by atoms with Crippen molar-refractivity contribution in [3.8, 4) is 0 Å². The van der Waals surface area contributed by atoms with E-state index in [-0.39, 0.29) is 6.04 Å². The number of nitrogens with one attached hydrogen (secondary N) is 3. The van der Waals surface area contributed by atoms with Crippen LogP contribution in [-0.4, -0.2) is 26.7 Å². The second kappa shape index (κ2) is 5.13. The van der Waals surface area contributed by atoms with Crippen LogP contribution < -0.4 is 21.4 Å². The van der Waals surface area contributed by atoms with Crippen molar-refractivity contribution in [2.75, 3.05) is 0 Å². The summed E-state index contributed by atoms with van der Waals surface area (Å²) < 4.78 is 0. The van der Waals surface area contributed by atoms with Crippen LogP contribution in [0.15, 0.2) is 53.5 Å². The van der Waals surface area contributed by atoms with E-state index in [1.807, 2.05) is 0 Å². The van der Waals surface area contributed by atoms with Crippen LogP contribution in [0.2, 0.25) is 0 Å². The first kappa shape index (κ1) is 13.2. The summed E-state index contributed by atoms with van der Waals surface area (Å²) in [7, 11) is 0. The number of allylic oxidation sites excluding steroid dienone is 1. The fourth-order valence-electron chi connectivity index (χ4n) is 3.12. The van der Waals surface area contributed by atoms with Crippen LogP contribution in [0.4, 0.5) is 0 Å². The number of nitrogens with zero attached hydrogens (tertiary/aromatic N) is 1. The number of hydrogen-bond donors (Lipinski definition) is 3. The predicted octanol–water partition coefficient (Wildman–Crippen LogP) is 0.282. The summed E-state index contributed by atoms with van der Waals surface area (Å²) in [6.07, 6.45) is 12.6. The molecule has 5 rings (SSSR count). The zero-order valence-electron chi connectivity index (χ0n) is 13.0. The molecule has 0 fully saturated rings. The number of aromatic nitrogens is 3. The van der Waals surface area contributed by atoms with Crippen LogP contribution in [0.1, 0.15) is 11.4 Å². The molecule has 5 heterocycles. The fourth-order valence-corrected chi connectivity index (χ4v) is 3.12. The Morgan fingerprint density at radius 3 is 2.04 bits per heavy atom. The summed E-state index contributed by atoms with van der Waals surface area (Å²) in [6, 6.07) is 12.6. The van der Waals surface area contributed by atoms with Gasteiger partial charge in [-0.3, -0.25) is 4.99 Å². The lowest BCUT2D eigenvalue weighted by molar-refractivity contribution is 1.09. The van der Waals surface area contributed by atoms with Gasteiger partial charge in [-0.1, -0.05) is 6.08 Å². The van der Waals surface area contributed by atoms with Gasteiger partial charge in [0.25, 0.3) is 0 Å².